The molecule has 1 saturated heterocycles. The predicted octanol–water partition coefficient (Wildman–Crippen LogP) is 4.72. The number of fused-ring (bicyclic) bond motifs is 2. The van der Waals surface area contributed by atoms with E-state index in [0.717, 1.165) is 44.8 Å². The summed E-state index contributed by atoms with van der Waals surface area (Å²) in [5.74, 6) is 0.269. The van der Waals surface area contributed by atoms with E-state index in [2.05, 4.69) is 34.1 Å². The largest absolute Gasteiger partial charge is 0.370 e. The SMILES string of the molecule is Fc1ccc(N2CCN(CCC3OC4CCCCC4=C4C=CC=CC43)CC2)cc1. The van der Waals surface area contributed by atoms with Crippen molar-refractivity contribution in [1.29, 1.82) is 0 Å². The van der Waals surface area contributed by atoms with Crippen LogP contribution in [-0.4, -0.2) is 49.8 Å². The maximum absolute atomic E-state index is 13.2. The fraction of sp³-hybridized carbons (Fsp3) is 0.520. The van der Waals surface area contributed by atoms with Gasteiger partial charge in [0.2, 0.25) is 0 Å². The summed E-state index contributed by atoms with van der Waals surface area (Å²) in [6.45, 7) is 5.21. The van der Waals surface area contributed by atoms with Crippen LogP contribution in [0.5, 0.6) is 0 Å². The minimum atomic E-state index is -0.166. The standard InChI is InChI=1S/C25H31FN2O/c26-19-9-11-20(12-10-19)28-17-15-27(16-18-28)14-13-25-23-6-2-1-5-21(23)22-7-3-4-8-24(22)29-25/h1-2,5-6,9-12,23-25H,3-4,7-8,13-18H2. The van der Waals surface area contributed by atoms with Gasteiger partial charge < -0.3 is 9.64 Å². The normalized spacial score (nSPS) is 29.7. The molecule has 2 heterocycles. The highest BCUT2D eigenvalue weighted by atomic mass is 19.1. The van der Waals surface area contributed by atoms with Crippen LogP contribution in [0.2, 0.25) is 0 Å². The number of nitrogens with zero attached hydrogens (tertiary/aromatic N) is 2. The molecule has 0 spiro atoms. The first kappa shape index (κ1) is 19.1. The monoisotopic (exact) mass is 394 g/mol. The average molecular weight is 395 g/mol. The molecule has 4 heteroatoms. The lowest BCUT2D eigenvalue weighted by Gasteiger charge is -2.42. The smallest absolute Gasteiger partial charge is 0.123 e. The summed E-state index contributed by atoms with van der Waals surface area (Å²) in [5.41, 5.74) is 4.25. The molecule has 29 heavy (non-hydrogen) atoms. The molecular weight excluding hydrogens is 363 g/mol. The first-order valence-electron chi connectivity index (χ1n) is 11.2. The van der Waals surface area contributed by atoms with E-state index in [-0.39, 0.29) is 5.82 Å². The van der Waals surface area contributed by atoms with Crippen molar-refractivity contribution in [2.24, 2.45) is 5.92 Å². The number of ether oxygens (including phenoxy) is 1. The molecule has 1 aromatic carbocycles. The number of hydrogen-bond acceptors (Lipinski definition) is 3. The van der Waals surface area contributed by atoms with Crippen LogP contribution in [0.15, 0.2) is 59.7 Å². The molecule has 2 aliphatic carbocycles. The van der Waals surface area contributed by atoms with E-state index in [4.69, 9.17) is 4.74 Å². The van der Waals surface area contributed by atoms with E-state index in [1.807, 2.05) is 12.1 Å². The molecule has 0 aromatic heterocycles. The maximum Gasteiger partial charge on any atom is 0.123 e. The van der Waals surface area contributed by atoms with Crippen molar-refractivity contribution in [3.63, 3.8) is 0 Å². The molecule has 3 nitrogen and oxygen atoms in total. The van der Waals surface area contributed by atoms with Crippen molar-refractivity contribution in [3.8, 4) is 0 Å². The summed E-state index contributed by atoms with van der Waals surface area (Å²) in [7, 11) is 0. The second-order valence-corrected chi connectivity index (χ2v) is 8.75. The topological polar surface area (TPSA) is 15.7 Å². The second-order valence-electron chi connectivity index (χ2n) is 8.75. The van der Waals surface area contributed by atoms with Crippen LogP contribution in [0.1, 0.15) is 32.1 Å². The summed E-state index contributed by atoms with van der Waals surface area (Å²) in [6.07, 6.45) is 15.8. The van der Waals surface area contributed by atoms with Crippen molar-refractivity contribution >= 4 is 5.69 Å². The van der Waals surface area contributed by atoms with Gasteiger partial charge in [0.15, 0.2) is 0 Å². The number of piperazine rings is 1. The Balaban J connectivity index is 1.18. The second kappa shape index (κ2) is 8.45. The van der Waals surface area contributed by atoms with E-state index in [1.165, 1.54) is 25.7 Å². The molecule has 5 rings (SSSR count). The van der Waals surface area contributed by atoms with Gasteiger partial charge in [0, 0.05) is 44.3 Å². The van der Waals surface area contributed by atoms with Gasteiger partial charge in [0.25, 0.3) is 0 Å². The number of halogens is 1. The molecule has 3 unspecified atom stereocenters. The fourth-order valence-electron chi connectivity index (χ4n) is 5.40. The lowest BCUT2D eigenvalue weighted by molar-refractivity contribution is -0.0404. The van der Waals surface area contributed by atoms with Gasteiger partial charge in [-0.1, -0.05) is 30.7 Å². The number of anilines is 1. The average Bonchev–Trinajstić information content (AvgIpc) is 2.78. The van der Waals surface area contributed by atoms with Gasteiger partial charge in [-0.25, -0.2) is 4.39 Å². The van der Waals surface area contributed by atoms with Gasteiger partial charge in [-0.3, -0.25) is 4.90 Å². The van der Waals surface area contributed by atoms with Crippen LogP contribution in [0, 0.1) is 11.7 Å². The van der Waals surface area contributed by atoms with Gasteiger partial charge >= 0.3 is 0 Å². The molecule has 154 valence electrons. The maximum atomic E-state index is 13.2. The summed E-state index contributed by atoms with van der Waals surface area (Å²) in [5, 5.41) is 0. The van der Waals surface area contributed by atoms with E-state index in [0.29, 0.717) is 18.1 Å². The van der Waals surface area contributed by atoms with Gasteiger partial charge in [0.1, 0.15) is 5.82 Å². The van der Waals surface area contributed by atoms with Crippen molar-refractivity contribution < 1.29 is 9.13 Å². The van der Waals surface area contributed by atoms with Gasteiger partial charge in [0.05, 0.1) is 12.2 Å². The van der Waals surface area contributed by atoms with E-state index >= 15 is 0 Å². The van der Waals surface area contributed by atoms with E-state index < -0.39 is 0 Å². The van der Waals surface area contributed by atoms with Crippen LogP contribution < -0.4 is 4.90 Å². The lowest BCUT2D eigenvalue weighted by atomic mass is 9.77. The third-order valence-corrected chi connectivity index (χ3v) is 7.02. The van der Waals surface area contributed by atoms with Crippen LogP contribution >= 0.6 is 0 Å². The summed E-state index contributed by atoms with van der Waals surface area (Å²) < 4.78 is 19.8. The van der Waals surface area contributed by atoms with Crippen LogP contribution in [-0.2, 0) is 4.74 Å². The Hall–Kier alpha value is -1.91. The Labute approximate surface area is 173 Å². The fourth-order valence-corrected chi connectivity index (χ4v) is 5.40. The Morgan fingerprint density at radius 2 is 1.83 bits per heavy atom. The van der Waals surface area contributed by atoms with Crippen LogP contribution in [0.4, 0.5) is 10.1 Å². The quantitative estimate of drug-likeness (QED) is 0.735. The Morgan fingerprint density at radius 3 is 2.66 bits per heavy atom. The molecule has 4 aliphatic rings. The molecule has 2 fully saturated rings. The van der Waals surface area contributed by atoms with Crippen LogP contribution in [0.3, 0.4) is 0 Å². The lowest BCUT2D eigenvalue weighted by Crippen LogP contribution is -2.48. The molecule has 0 N–H and O–H groups in total. The molecule has 0 amide bonds. The summed E-state index contributed by atoms with van der Waals surface area (Å²) >= 11 is 0. The van der Waals surface area contributed by atoms with Crippen molar-refractivity contribution in [3.05, 3.63) is 65.5 Å². The predicted molar refractivity (Wildman–Crippen MR) is 116 cm³/mol. The third kappa shape index (κ3) is 4.06. The Morgan fingerprint density at radius 1 is 1.00 bits per heavy atom. The zero-order chi connectivity index (χ0) is 19.6. The molecule has 1 aromatic rings. The molecular formula is C25H31FN2O. The van der Waals surface area contributed by atoms with Gasteiger partial charge in [-0.2, -0.15) is 0 Å². The van der Waals surface area contributed by atoms with Crippen LogP contribution in [0.25, 0.3) is 0 Å². The first-order chi connectivity index (χ1) is 14.3. The minimum absolute atomic E-state index is 0.166. The van der Waals surface area contributed by atoms with Gasteiger partial charge in [-0.15, -0.1) is 0 Å². The van der Waals surface area contributed by atoms with Crippen molar-refractivity contribution in [2.75, 3.05) is 37.6 Å². The first-order valence-corrected chi connectivity index (χ1v) is 11.2. The molecule has 0 radical (unpaired) electrons. The zero-order valence-electron chi connectivity index (χ0n) is 17.1. The molecule has 0 bridgehead atoms. The Bertz CT molecular complexity index is 805. The Kier molecular flexibility index (Phi) is 5.56. The summed E-state index contributed by atoms with van der Waals surface area (Å²) in [6, 6.07) is 6.89. The van der Waals surface area contributed by atoms with Crippen molar-refractivity contribution in [1.82, 2.24) is 4.90 Å². The molecule has 3 atom stereocenters. The molecule has 2 aliphatic heterocycles. The number of rotatable bonds is 4. The third-order valence-electron chi connectivity index (χ3n) is 7.02. The highest BCUT2D eigenvalue weighted by molar-refractivity contribution is 5.46. The highest BCUT2D eigenvalue weighted by Crippen LogP contribution is 2.41. The van der Waals surface area contributed by atoms with Gasteiger partial charge in [-0.05, 0) is 61.1 Å². The summed E-state index contributed by atoms with van der Waals surface area (Å²) in [4.78, 5) is 4.92. The number of benzene rings is 1. The van der Waals surface area contributed by atoms with E-state index in [1.54, 1.807) is 23.3 Å². The number of allylic oxidation sites excluding steroid dienone is 3. The highest BCUT2D eigenvalue weighted by Gasteiger charge is 2.37. The molecule has 1 saturated carbocycles. The zero-order valence-corrected chi connectivity index (χ0v) is 17.1. The van der Waals surface area contributed by atoms with Crippen molar-refractivity contribution in [2.45, 2.75) is 44.3 Å². The number of hydrogen-bond donors (Lipinski definition) is 0. The minimum Gasteiger partial charge on any atom is -0.370 e. The van der Waals surface area contributed by atoms with E-state index in [9.17, 15) is 4.39 Å².